The fourth-order valence-corrected chi connectivity index (χ4v) is 2.64. The summed E-state index contributed by atoms with van der Waals surface area (Å²) < 4.78 is 10.4. The van der Waals surface area contributed by atoms with Crippen LogP contribution in [0.5, 0.6) is 11.5 Å². The summed E-state index contributed by atoms with van der Waals surface area (Å²) in [5, 5.41) is 2.72. The van der Waals surface area contributed by atoms with Crippen molar-refractivity contribution in [3.8, 4) is 11.5 Å². The topological polar surface area (TPSA) is 64.6 Å². The van der Waals surface area contributed by atoms with Gasteiger partial charge in [-0.15, -0.1) is 0 Å². The molecule has 132 valence electrons. The van der Waals surface area contributed by atoms with Crippen molar-refractivity contribution in [1.29, 1.82) is 0 Å². The van der Waals surface area contributed by atoms with E-state index in [2.05, 4.69) is 5.32 Å². The number of hydrogen-bond acceptors (Lipinski definition) is 5. The summed E-state index contributed by atoms with van der Waals surface area (Å²) >= 11 is 1.61. The van der Waals surface area contributed by atoms with Crippen LogP contribution in [0, 0.1) is 0 Å². The minimum atomic E-state index is -0.648. The SMILES string of the molecule is COC(=O)[C@@H](CCSC)NC(=O)c1ccc(Oc2ccccc2)cc1. The van der Waals surface area contributed by atoms with Crippen LogP contribution in [-0.4, -0.2) is 37.0 Å². The van der Waals surface area contributed by atoms with E-state index < -0.39 is 12.0 Å². The number of rotatable bonds is 8. The highest BCUT2D eigenvalue weighted by molar-refractivity contribution is 7.98. The van der Waals surface area contributed by atoms with Crippen LogP contribution < -0.4 is 10.1 Å². The van der Waals surface area contributed by atoms with Crippen molar-refractivity contribution in [2.45, 2.75) is 12.5 Å². The lowest BCUT2D eigenvalue weighted by Gasteiger charge is -2.16. The van der Waals surface area contributed by atoms with E-state index in [1.807, 2.05) is 36.6 Å². The third-order valence-electron chi connectivity index (χ3n) is 3.50. The molecule has 1 atom stereocenters. The molecule has 1 amide bonds. The van der Waals surface area contributed by atoms with Crippen LogP contribution in [0.25, 0.3) is 0 Å². The van der Waals surface area contributed by atoms with Gasteiger partial charge >= 0.3 is 5.97 Å². The van der Waals surface area contributed by atoms with Crippen LogP contribution in [-0.2, 0) is 9.53 Å². The molecule has 0 unspecified atom stereocenters. The summed E-state index contributed by atoms with van der Waals surface area (Å²) in [5.41, 5.74) is 0.457. The Hall–Kier alpha value is -2.47. The number of thioether (sulfide) groups is 1. The Kier molecular flexibility index (Phi) is 7.35. The van der Waals surface area contributed by atoms with Crippen LogP contribution in [0.4, 0.5) is 0 Å². The third kappa shape index (κ3) is 5.83. The van der Waals surface area contributed by atoms with Crippen molar-refractivity contribution in [2.75, 3.05) is 19.1 Å². The summed E-state index contributed by atoms with van der Waals surface area (Å²) in [5.74, 6) is 1.36. The van der Waals surface area contributed by atoms with Crippen molar-refractivity contribution >= 4 is 23.6 Å². The molecule has 0 aliphatic rings. The maximum Gasteiger partial charge on any atom is 0.328 e. The van der Waals surface area contributed by atoms with Gasteiger partial charge in [-0.25, -0.2) is 4.79 Å². The number of benzene rings is 2. The zero-order valence-corrected chi connectivity index (χ0v) is 15.0. The zero-order valence-electron chi connectivity index (χ0n) is 14.2. The Labute approximate surface area is 151 Å². The number of methoxy groups -OCH3 is 1. The second kappa shape index (κ2) is 9.74. The van der Waals surface area contributed by atoms with Gasteiger partial charge in [0.2, 0.25) is 0 Å². The molecule has 2 aromatic carbocycles. The largest absolute Gasteiger partial charge is 0.467 e. The Morgan fingerprint density at radius 2 is 1.68 bits per heavy atom. The first-order valence-corrected chi connectivity index (χ1v) is 9.24. The standard InChI is InChI=1S/C19H21NO4S/c1-23-19(22)17(12-13-25-2)20-18(21)14-8-10-16(11-9-14)24-15-6-4-3-5-7-15/h3-11,17H,12-13H2,1-2H3,(H,20,21)/t17-/m1/s1. The second-order valence-corrected chi connectivity index (χ2v) is 6.26. The molecule has 0 aromatic heterocycles. The Balaban J connectivity index is 2.00. The molecule has 1 N–H and O–H groups in total. The number of ether oxygens (including phenoxy) is 2. The number of esters is 1. The molecular weight excluding hydrogens is 338 g/mol. The summed E-state index contributed by atoms with van der Waals surface area (Å²) in [7, 11) is 1.32. The predicted octanol–water partition coefficient (Wildman–Crippen LogP) is 3.50. The van der Waals surface area contributed by atoms with Gasteiger partial charge in [-0.2, -0.15) is 11.8 Å². The summed E-state index contributed by atoms with van der Waals surface area (Å²) in [4.78, 5) is 24.1. The Bertz CT molecular complexity index is 688. The van der Waals surface area contributed by atoms with Crippen molar-refractivity contribution < 1.29 is 19.1 Å². The van der Waals surface area contributed by atoms with Gasteiger partial charge in [0, 0.05) is 5.56 Å². The van der Waals surface area contributed by atoms with Gasteiger partial charge in [-0.3, -0.25) is 4.79 Å². The van der Waals surface area contributed by atoms with E-state index in [1.54, 1.807) is 36.0 Å². The molecule has 0 aliphatic heterocycles. The number of amides is 1. The van der Waals surface area contributed by atoms with Gasteiger partial charge < -0.3 is 14.8 Å². The fraction of sp³-hybridized carbons (Fsp3) is 0.263. The molecule has 2 rings (SSSR count). The van der Waals surface area contributed by atoms with E-state index in [4.69, 9.17) is 9.47 Å². The maximum atomic E-state index is 12.3. The number of para-hydroxylation sites is 1. The third-order valence-corrected chi connectivity index (χ3v) is 4.14. The normalized spacial score (nSPS) is 11.4. The Morgan fingerprint density at radius 1 is 1.04 bits per heavy atom. The van der Waals surface area contributed by atoms with Crippen LogP contribution in [0.15, 0.2) is 54.6 Å². The molecule has 2 aromatic rings. The Morgan fingerprint density at radius 3 is 2.28 bits per heavy atom. The van der Waals surface area contributed by atoms with Gasteiger partial charge in [-0.1, -0.05) is 18.2 Å². The molecule has 25 heavy (non-hydrogen) atoms. The fourth-order valence-electron chi connectivity index (χ4n) is 2.17. The zero-order chi connectivity index (χ0) is 18.1. The van der Waals surface area contributed by atoms with Crippen LogP contribution in [0.2, 0.25) is 0 Å². The molecule has 0 radical (unpaired) electrons. The first-order chi connectivity index (χ1) is 12.1. The van der Waals surface area contributed by atoms with E-state index in [-0.39, 0.29) is 5.91 Å². The van der Waals surface area contributed by atoms with Crippen LogP contribution >= 0.6 is 11.8 Å². The molecule has 0 heterocycles. The molecule has 0 spiro atoms. The van der Waals surface area contributed by atoms with Gasteiger partial charge in [-0.05, 0) is 54.8 Å². The highest BCUT2D eigenvalue weighted by Gasteiger charge is 2.21. The van der Waals surface area contributed by atoms with Crippen LogP contribution in [0.3, 0.4) is 0 Å². The van der Waals surface area contributed by atoms with E-state index >= 15 is 0 Å². The van der Waals surface area contributed by atoms with Crippen molar-refractivity contribution in [3.05, 3.63) is 60.2 Å². The van der Waals surface area contributed by atoms with Crippen molar-refractivity contribution in [2.24, 2.45) is 0 Å². The van der Waals surface area contributed by atoms with E-state index in [1.165, 1.54) is 7.11 Å². The average Bonchev–Trinajstić information content (AvgIpc) is 2.65. The highest BCUT2D eigenvalue weighted by atomic mass is 32.2. The van der Waals surface area contributed by atoms with Gasteiger partial charge in [0.25, 0.3) is 5.91 Å². The first-order valence-electron chi connectivity index (χ1n) is 7.84. The van der Waals surface area contributed by atoms with Crippen LogP contribution in [0.1, 0.15) is 16.8 Å². The monoisotopic (exact) mass is 359 g/mol. The maximum absolute atomic E-state index is 12.3. The number of carbonyl (C=O) groups is 2. The highest BCUT2D eigenvalue weighted by Crippen LogP contribution is 2.21. The molecule has 5 nitrogen and oxygen atoms in total. The average molecular weight is 359 g/mol. The molecule has 0 aliphatic carbocycles. The second-order valence-electron chi connectivity index (χ2n) is 5.27. The summed E-state index contributed by atoms with van der Waals surface area (Å²) in [6, 6.07) is 15.5. The lowest BCUT2D eigenvalue weighted by atomic mass is 10.1. The minimum absolute atomic E-state index is 0.317. The summed E-state index contributed by atoms with van der Waals surface area (Å²) in [6.45, 7) is 0. The molecule has 6 heteroatoms. The molecule has 0 saturated heterocycles. The van der Waals surface area contributed by atoms with E-state index in [0.29, 0.717) is 17.7 Å². The molecule has 0 fully saturated rings. The number of hydrogen-bond donors (Lipinski definition) is 1. The molecule has 0 saturated carbocycles. The number of carbonyl (C=O) groups excluding carboxylic acids is 2. The first kappa shape index (κ1) is 18.9. The molecule has 0 bridgehead atoms. The van der Waals surface area contributed by atoms with E-state index in [0.717, 1.165) is 11.5 Å². The lowest BCUT2D eigenvalue weighted by molar-refractivity contribution is -0.142. The van der Waals surface area contributed by atoms with E-state index in [9.17, 15) is 9.59 Å². The smallest absolute Gasteiger partial charge is 0.328 e. The van der Waals surface area contributed by atoms with Gasteiger partial charge in [0.05, 0.1) is 7.11 Å². The molecular formula is C19H21NO4S. The summed E-state index contributed by atoms with van der Waals surface area (Å²) in [6.07, 6.45) is 2.47. The van der Waals surface area contributed by atoms with Crippen molar-refractivity contribution in [3.63, 3.8) is 0 Å². The predicted molar refractivity (Wildman–Crippen MR) is 99.2 cm³/mol. The minimum Gasteiger partial charge on any atom is -0.467 e. The van der Waals surface area contributed by atoms with Gasteiger partial charge in [0.1, 0.15) is 17.5 Å². The number of nitrogens with one attached hydrogen (secondary N) is 1. The van der Waals surface area contributed by atoms with Crippen molar-refractivity contribution in [1.82, 2.24) is 5.32 Å². The quantitative estimate of drug-likeness (QED) is 0.731. The lowest BCUT2D eigenvalue weighted by Crippen LogP contribution is -2.41. The van der Waals surface area contributed by atoms with Gasteiger partial charge in [0.15, 0.2) is 0 Å².